The summed E-state index contributed by atoms with van der Waals surface area (Å²) in [5.74, 6) is 1.63. The van der Waals surface area contributed by atoms with Gasteiger partial charge in [-0.2, -0.15) is 0 Å². The van der Waals surface area contributed by atoms with Crippen LogP contribution in [0.25, 0.3) is 5.57 Å². The maximum absolute atomic E-state index is 9.76. The number of fused-ring (bicyclic) bond motifs is 1. The van der Waals surface area contributed by atoms with E-state index in [1.54, 1.807) is 0 Å². The topological polar surface area (TPSA) is 40.5 Å². The van der Waals surface area contributed by atoms with Crippen molar-refractivity contribution in [1.82, 2.24) is 0 Å². The monoisotopic (exact) mass is 394 g/mol. The predicted molar refractivity (Wildman–Crippen MR) is 117 cm³/mol. The molecule has 148 valence electrons. The highest BCUT2D eigenvalue weighted by Crippen LogP contribution is 2.47. The number of hydrogen-bond acceptors (Lipinski definition) is 3. The lowest BCUT2D eigenvalue weighted by Gasteiger charge is -2.32. The molecule has 0 radical (unpaired) electrons. The van der Waals surface area contributed by atoms with Gasteiger partial charge in [-0.15, -0.1) is 5.73 Å². The smallest absolute Gasteiger partial charge is 0.0687 e. The lowest BCUT2D eigenvalue weighted by Crippen LogP contribution is -2.23. The van der Waals surface area contributed by atoms with Crippen molar-refractivity contribution in [3.05, 3.63) is 69.2 Å². The number of thioether (sulfide) groups is 1. The minimum atomic E-state index is -0.0771. The molecule has 2 nitrogen and oxygen atoms in total. The number of aliphatic hydroxyl groups excluding tert-OH is 2. The number of allylic oxidation sites excluding steroid dienone is 5. The van der Waals surface area contributed by atoms with Gasteiger partial charge in [-0.3, -0.25) is 0 Å². The van der Waals surface area contributed by atoms with E-state index >= 15 is 0 Å². The molecule has 1 aromatic carbocycles. The molecule has 0 aromatic heterocycles. The van der Waals surface area contributed by atoms with Crippen molar-refractivity contribution in [2.24, 2.45) is 17.8 Å². The van der Waals surface area contributed by atoms with Crippen LogP contribution in [0.15, 0.2) is 58.0 Å². The molecule has 1 saturated carbocycles. The van der Waals surface area contributed by atoms with E-state index in [1.807, 2.05) is 23.9 Å². The van der Waals surface area contributed by atoms with Crippen LogP contribution in [0.2, 0.25) is 0 Å². The van der Waals surface area contributed by atoms with Crippen molar-refractivity contribution in [2.75, 3.05) is 0 Å². The molecule has 28 heavy (non-hydrogen) atoms. The molecule has 3 aliphatic rings. The van der Waals surface area contributed by atoms with Crippen molar-refractivity contribution >= 4 is 17.3 Å². The van der Waals surface area contributed by atoms with E-state index in [0.29, 0.717) is 5.92 Å². The zero-order valence-electron chi connectivity index (χ0n) is 16.6. The van der Waals surface area contributed by atoms with Crippen molar-refractivity contribution in [1.29, 1.82) is 0 Å². The first-order chi connectivity index (χ1) is 13.7. The van der Waals surface area contributed by atoms with Gasteiger partial charge in [0.1, 0.15) is 0 Å². The second-order valence-corrected chi connectivity index (χ2v) is 9.55. The van der Waals surface area contributed by atoms with Gasteiger partial charge < -0.3 is 10.2 Å². The SMILES string of the molecule is CC(CC1=C=CC2C(=CCC=C2c2ccccc2CO)S1)C1CCC(O)CC1. The molecule has 1 aliphatic heterocycles. The molecule has 2 atom stereocenters. The summed E-state index contributed by atoms with van der Waals surface area (Å²) < 4.78 is 0. The second kappa shape index (κ2) is 8.88. The fraction of sp³-hybridized carbons (Fsp3) is 0.480. The van der Waals surface area contributed by atoms with Crippen LogP contribution in [0, 0.1) is 17.8 Å². The van der Waals surface area contributed by atoms with Gasteiger partial charge in [0.25, 0.3) is 0 Å². The minimum absolute atomic E-state index is 0.0742. The number of aliphatic hydroxyl groups is 2. The molecule has 4 rings (SSSR count). The third-order valence-corrected chi connectivity index (χ3v) is 7.69. The van der Waals surface area contributed by atoms with E-state index < -0.39 is 0 Å². The van der Waals surface area contributed by atoms with Gasteiger partial charge in [0, 0.05) is 10.8 Å². The summed E-state index contributed by atoms with van der Waals surface area (Å²) in [6.45, 7) is 2.44. The quantitative estimate of drug-likeness (QED) is 0.617. The standard InChI is InChI=1S/C25H30O2S/c1-17(18-9-11-20(27)12-10-18)15-21-13-14-24-23(7-4-8-25(24)28-21)22-6-3-2-5-19(22)16-26/h2-3,5-8,14,17-18,20,24,26-27H,4,9-12,15-16H2,1H3. The molecular weight excluding hydrogens is 364 g/mol. The highest BCUT2D eigenvalue weighted by atomic mass is 32.2. The Kier molecular flexibility index (Phi) is 6.28. The van der Waals surface area contributed by atoms with Crippen molar-refractivity contribution in [2.45, 2.75) is 58.2 Å². The van der Waals surface area contributed by atoms with E-state index in [4.69, 9.17) is 0 Å². The van der Waals surface area contributed by atoms with Crippen LogP contribution in [0.1, 0.15) is 56.6 Å². The average Bonchev–Trinajstić information content (AvgIpc) is 2.73. The molecule has 2 N–H and O–H groups in total. The predicted octanol–water partition coefficient (Wildman–Crippen LogP) is 5.83. The normalized spacial score (nSPS) is 28.1. The van der Waals surface area contributed by atoms with Gasteiger partial charge in [-0.05, 0) is 78.0 Å². The van der Waals surface area contributed by atoms with Gasteiger partial charge in [-0.25, -0.2) is 0 Å². The summed E-state index contributed by atoms with van der Waals surface area (Å²) in [5.41, 5.74) is 7.06. The molecule has 0 bridgehead atoms. The highest BCUT2D eigenvalue weighted by molar-refractivity contribution is 8.06. The van der Waals surface area contributed by atoms with Crippen molar-refractivity contribution < 1.29 is 10.2 Å². The molecule has 3 heteroatoms. The Morgan fingerprint density at radius 3 is 2.71 bits per heavy atom. The summed E-state index contributed by atoms with van der Waals surface area (Å²) in [7, 11) is 0. The molecule has 1 fully saturated rings. The highest BCUT2D eigenvalue weighted by Gasteiger charge is 2.28. The summed E-state index contributed by atoms with van der Waals surface area (Å²) in [5, 5.41) is 19.5. The lowest BCUT2D eigenvalue weighted by molar-refractivity contribution is 0.0939. The molecule has 0 amide bonds. The fourth-order valence-electron chi connectivity index (χ4n) is 4.78. The molecule has 0 spiro atoms. The zero-order valence-corrected chi connectivity index (χ0v) is 17.4. The van der Waals surface area contributed by atoms with Gasteiger partial charge in [0.2, 0.25) is 0 Å². The van der Waals surface area contributed by atoms with E-state index in [0.717, 1.165) is 55.6 Å². The average molecular weight is 395 g/mol. The summed E-state index contributed by atoms with van der Waals surface area (Å²) in [4.78, 5) is 2.75. The maximum Gasteiger partial charge on any atom is 0.0687 e. The van der Waals surface area contributed by atoms with Crippen LogP contribution < -0.4 is 0 Å². The Hall–Kier alpha value is -1.51. The van der Waals surface area contributed by atoms with E-state index in [9.17, 15) is 10.2 Å². The van der Waals surface area contributed by atoms with E-state index in [-0.39, 0.29) is 18.6 Å². The maximum atomic E-state index is 9.76. The number of hydrogen-bond donors (Lipinski definition) is 2. The summed E-state index contributed by atoms with van der Waals surface area (Å²) in [6.07, 6.45) is 13.1. The molecule has 1 aromatic rings. The third kappa shape index (κ3) is 4.23. The van der Waals surface area contributed by atoms with Gasteiger partial charge in [0.15, 0.2) is 0 Å². The van der Waals surface area contributed by atoms with E-state index in [2.05, 4.69) is 43.0 Å². The Morgan fingerprint density at radius 2 is 1.93 bits per heavy atom. The van der Waals surface area contributed by atoms with Crippen LogP contribution in [0.3, 0.4) is 0 Å². The van der Waals surface area contributed by atoms with Crippen LogP contribution in [-0.4, -0.2) is 16.3 Å². The minimum Gasteiger partial charge on any atom is -0.393 e. The molecule has 1 heterocycles. The van der Waals surface area contributed by atoms with Crippen LogP contribution in [-0.2, 0) is 6.61 Å². The summed E-state index contributed by atoms with van der Waals surface area (Å²) >= 11 is 1.90. The lowest BCUT2D eigenvalue weighted by atomic mass is 9.78. The van der Waals surface area contributed by atoms with Crippen LogP contribution in [0.4, 0.5) is 0 Å². The van der Waals surface area contributed by atoms with Crippen molar-refractivity contribution in [3.8, 4) is 0 Å². The third-order valence-electron chi connectivity index (χ3n) is 6.50. The number of benzene rings is 1. The molecule has 2 aliphatic carbocycles. The zero-order chi connectivity index (χ0) is 19.5. The Balaban J connectivity index is 1.50. The molecular formula is C25H30O2S. The Bertz CT molecular complexity index is 836. The first-order valence-corrected chi connectivity index (χ1v) is 11.4. The van der Waals surface area contributed by atoms with E-state index in [1.165, 1.54) is 15.4 Å². The first kappa shape index (κ1) is 19.8. The Labute approximate surface area is 172 Å². The van der Waals surface area contributed by atoms with Crippen LogP contribution in [0.5, 0.6) is 0 Å². The first-order valence-electron chi connectivity index (χ1n) is 10.6. The van der Waals surface area contributed by atoms with Gasteiger partial charge in [-0.1, -0.05) is 55.1 Å². The Morgan fingerprint density at radius 1 is 1.14 bits per heavy atom. The number of rotatable bonds is 5. The second-order valence-electron chi connectivity index (χ2n) is 8.38. The van der Waals surface area contributed by atoms with Crippen molar-refractivity contribution in [3.63, 3.8) is 0 Å². The molecule has 0 saturated heterocycles. The fourth-order valence-corrected chi connectivity index (χ4v) is 6.04. The van der Waals surface area contributed by atoms with Crippen LogP contribution >= 0.6 is 11.8 Å². The molecule has 2 unspecified atom stereocenters. The van der Waals surface area contributed by atoms with Gasteiger partial charge in [0.05, 0.1) is 12.7 Å². The largest absolute Gasteiger partial charge is 0.393 e. The summed E-state index contributed by atoms with van der Waals surface area (Å²) in [6, 6.07) is 8.18. The van der Waals surface area contributed by atoms with Gasteiger partial charge >= 0.3 is 0 Å².